The van der Waals surface area contributed by atoms with Crippen LogP contribution in [0.4, 0.5) is 0 Å². The van der Waals surface area contributed by atoms with Crippen LogP contribution in [0.3, 0.4) is 0 Å². The summed E-state index contributed by atoms with van der Waals surface area (Å²) < 4.78 is 60.4. The van der Waals surface area contributed by atoms with Crippen LogP contribution in [0.2, 0.25) is 0 Å². The minimum atomic E-state index is -3.44. The van der Waals surface area contributed by atoms with E-state index >= 15 is 9.13 Å². The Bertz CT molecular complexity index is 2800. The highest BCUT2D eigenvalue weighted by Crippen LogP contribution is 2.48. The van der Waals surface area contributed by atoms with Crippen molar-refractivity contribution in [1.82, 2.24) is 0 Å². The van der Waals surface area contributed by atoms with Gasteiger partial charge in [-0.25, -0.2) is 0 Å². The van der Waals surface area contributed by atoms with Gasteiger partial charge in [-0.15, -0.1) is 0 Å². The van der Waals surface area contributed by atoms with Gasteiger partial charge in [-0.1, -0.05) is 185 Å². The molecule has 0 spiro atoms. The molecular formula is C64H66O6P2. The van der Waals surface area contributed by atoms with E-state index in [9.17, 15) is 0 Å². The molecule has 0 saturated carbocycles. The molecule has 0 amide bonds. The van der Waals surface area contributed by atoms with Gasteiger partial charge in [0.1, 0.15) is 23.0 Å². The maximum atomic E-state index is 16.4. The van der Waals surface area contributed by atoms with E-state index in [1.54, 1.807) is 0 Å². The summed E-state index contributed by atoms with van der Waals surface area (Å²) >= 11 is 0. The quantitative estimate of drug-likeness (QED) is 0.0798. The van der Waals surface area contributed by atoms with Gasteiger partial charge in [0.15, 0.2) is 14.3 Å². The Morgan fingerprint density at radius 2 is 0.514 bits per heavy atom. The van der Waals surface area contributed by atoms with Crippen LogP contribution in [0.1, 0.15) is 97.9 Å². The zero-order chi connectivity index (χ0) is 49.9. The molecule has 0 heterocycles. The van der Waals surface area contributed by atoms with E-state index in [2.05, 4.69) is 88.4 Å². The summed E-state index contributed by atoms with van der Waals surface area (Å²) in [6.07, 6.45) is 5.09. The minimum Gasteiger partial charge on any atom is -0.493 e. The molecule has 1 aliphatic rings. The van der Waals surface area contributed by atoms with Gasteiger partial charge in [0, 0.05) is 57.5 Å². The molecule has 0 saturated heterocycles. The summed E-state index contributed by atoms with van der Waals surface area (Å²) in [4.78, 5) is 0. The smallest absolute Gasteiger partial charge is 0.171 e. The fourth-order valence-electron chi connectivity index (χ4n) is 10.0. The average Bonchev–Trinajstić information content (AvgIpc) is 3.42. The SMILES string of the molecule is CCCOc1c2cccc1Cc1cc(P(=O)(c3ccccc3)c3ccccc3)cc(c1OCCC)Cc1cccc(c1OCCC)Cc1cc(P(=O)(c3ccccc3)c3ccccc3)cc(c1OCCC)C2. The topological polar surface area (TPSA) is 71.1 Å². The fourth-order valence-corrected chi connectivity index (χ4v) is 15.5. The molecule has 0 N–H and O–H groups in total. The third-order valence-electron chi connectivity index (χ3n) is 13.3. The number of rotatable bonds is 18. The van der Waals surface area contributed by atoms with Gasteiger partial charge in [-0.2, -0.15) is 0 Å². The first-order valence-electron chi connectivity index (χ1n) is 25.8. The predicted molar refractivity (Wildman–Crippen MR) is 299 cm³/mol. The first-order valence-corrected chi connectivity index (χ1v) is 29.2. The summed E-state index contributed by atoms with van der Waals surface area (Å²) in [5, 5.41) is 4.57. The van der Waals surface area contributed by atoms with Crippen molar-refractivity contribution in [3.8, 4) is 23.0 Å². The van der Waals surface area contributed by atoms with Gasteiger partial charge in [-0.3, -0.25) is 0 Å². The van der Waals surface area contributed by atoms with Crippen molar-refractivity contribution in [2.75, 3.05) is 26.4 Å². The Balaban J connectivity index is 1.36. The number of hydrogen-bond donors (Lipinski definition) is 0. The molecule has 0 unspecified atom stereocenters. The highest BCUT2D eigenvalue weighted by atomic mass is 31.2. The molecule has 9 rings (SSSR count). The first-order chi connectivity index (χ1) is 35.3. The molecule has 1 aliphatic carbocycles. The zero-order valence-corrected chi connectivity index (χ0v) is 43.9. The summed E-state index contributed by atoms with van der Waals surface area (Å²) in [5.74, 6) is 3.19. The highest BCUT2D eigenvalue weighted by Gasteiger charge is 2.34. The van der Waals surface area contributed by atoms with Crippen molar-refractivity contribution >= 4 is 46.1 Å². The van der Waals surface area contributed by atoms with Crippen LogP contribution in [-0.4, -0.2) is 26.4 Å². The van der Waals surface area contributed by atoms with Crippen LogP contribution >= 0.6 is 14.3 Å². The maximum Gasteiger partial charge on any atom is 0.171 e. The number of fused-ring (bicyclic) bond motifs is 8. The lowest BCUT2D eigenvalue weighted by molar-refractivity contribution is 0.305. The lowest BCUT2D eigenvalue weighted by Gasteiger charge is -2.26. The van der Waals surface area contributed by atoms with Crippen molar-refractivity contribution in [3.05, 3.63) is 226 Å². The highest BCUT2D eigenvalue weighted by molar-refractivity contribution is 7.85. The Labute approximate surface area is 427 Å². The van der Waals surface area contributed by atoms with Gasteiger partial charge in [0.25, 0.3) is 0 Å². The molecule has 8 heteroatoms. The molecule has 8 bridgehead atoms. The second kappa shape index (κ2) is 23.3. The number of benzene rings is 8. The van der Waals surface area contributed by atoms with Crippen molar-refractivity contribution in [3.63, 3.8) is 0 Å². The van der Waals surface area contributed by atoms with Gasteiger partial charge in [0.2, 0.25) is 0 Å². The molecule has 8 aromatic rings. The van der Waals surface area contributed by atoms with Crippen molar-refractivity contribution in [2.45, 2.75) is 79.1 Å². The Kier molecular flexibility index (Phi) is 16.3. The standard InChI is InChI=1S/C64H66O6P2/c1-5-35-67-61-47-23-21-24-48(61)40-52-44-60(72(66,57-31-17-11-18-32-57)58-33-19-12-20-34-58)46-54(64(52)70-38-8-4)42-50-26-22-25-49(62(50)68-36-6-2)41-53-45-59(43-51(39-47)63(53)69-37-7-3)71(65,55-27-13-9-14-28-55)56-29-15-10-16-30-56/h9-34,43-46H,5-8,35-42H2,1-4H3. The van der Waals surface area contributed by atoms with Crippen LogP contribution in [-0.2, 0) is 34.8 Å². The van der Waals surface area contributed by atoms with E-state index in [1.807, 2.05) is 121 Å². The van der Waals surface area contributed by atoms with E-state index in [1.165, 1.54) is 0 Å². The third kappa shape index (κ3) is 10.5. The second-order valence-corrected chi connectivity index (χ2v) is 24.2. The molecule has 368 valence electrons. The fraction of sp³-hybridized carbons (Fsp3) is 0.250. The van der Waals surface area contributed by atoms with Crippen LogP contribution in [0.5, 0.6) is 23.0 Å². The van der Waals surface area contributed by atoms with Crippen LogP contribution < -0.4 is 50.8 Å². The lowest BCUT2D eigenvalue weighted by atomic mass is 9.91. The summed E-state index contributed by atoms with van der Waals surface area (Å²) in [7, 11) is -6.88. The first kappa shape index (κ1) is 50.4. The summed E-state index contributed by atoms with van der Waals surface area (Å²) in [5.41, 5.74) is 7.71. The molecule has 0 radical (unpaired) electrons. The molecule has 0 aromatic heterocycles. The lowest BCUT2D eigenvalue weighted by Crippen LogP contribution is -2.26. The minimum absolute atomic E-state index is 0.456. The third-order valence-corrected chi connectivity index (χ3v) is 19.4. The number of ether oxygens (including phenoxy) is 4. The zero-order valence-electron chi connectivity index (χ0n) is 42.1. The summed E-state index contributed by atoms with van der Waals surface area (Å²) in [6.45, 7) is 10.6. The Morgan fingerprint density at radius 3 is 0.736 bits per heavy atom. The maximum absolute atomic E-state index is 16.4. The van der Waals surface area contributed by atoms with Crippen molar-refractivity contribution < 1.29 is 28.1 Å². The molecular weight excluding hydrogens is 927 g/mol. The molecule has 8 aromatic carbocycles. The van der Waals surface area contributed by atoms with E-state index in [4.69, 9.17) is 18.9 Å². The number of para-hydroxylation sites is 2. The molecule has 0 fully saturated rings. The second-order valence-electron chi connectivity index (χ2n) is 18.7. The van der Waals surface area contributed by atoms with E-state index in [-0.39, 0.29) is 0 Å². The number of hydrogen-bond acceptors (Lipinski definition) is 6. The Morgan fingerprint density at radius 1 is 0.292 bits per heavy atom. The molecule has 0 atom stereocenters. The van der Waals surface area contributed by atoms with Gasteiger partial charge in [0.05, 0.1) is 26.4 Å². The average molecular weight is 993 g/mol. The van der Waals surface area contributed by atoms with Gasteiger partial charge >= 0.3 is 0 Å². The van der Waals surface area contributed by atoms with Gasteiger partial charge in [-0.05, 0) is 94.5 Å². The predicted octanol–water partition coefficient (Wildman–Crippen LogP) is 12.8. The van der Waals surface area contributed by atoms with Crippen LogP contribution in [0, 0.1) is 0 Å². The van der Waals surface area contributed by atoms with Crippen LogP contribution in [0.15, 0.2) is 182 Å². The molecule has 6 nitrogen and oxygen atoms in total. The monoisotopic (exact) mass is 992 g/mol. The van der Waals surface area contributed by atoms with Gasteiger partial charge < -0.3 is 28.1 Å². The Hall–Kier alpha value is -6.58. The van der Waals surface area contributed by atoms with Crippen LogP contribution in [0.25, 0.3) is 0 Å². The van der Waals surface area contributed by atoms with Crippen molar-refractivity contribution in [1.29, 1.82) is 0 Å². The van der Waals surface area contributed by atoms with E-state index in [0.29, 0.717) is 52.1 Å². The normalized spacial score (nSPS) is 12.5. The molecule has 72 heavy (non-hydrogen) atoms. The molecule has 0 aliphatic heterocycles. The van der Waals surface area contributed by atoms with Crippen molar-refractivity contribution in [2.24, 2.45) is 0 Å². The van der Waals surface area contributed by atoms with E-state index in [0.717, 1.165) is 125 Å². The van der Waals surface area contributed by atoms with E-state index < -0.39 is 14.3 Å². The largest absolute Gasteiger partial charge is 0.493 e. The summed E-state index contributed by atoms with van der Waals surface area (Å²) in [6, 6.07) is 61.0.